The third-order valence-corrected chi connectivity index (χ3v) is 2.21. The van der Waals surface area contributed by atoms with Gasteiger partial charge in [-0.1, -0.05) is 0 Å². The highest BCUT2D eigenvalue weighted by Crippen LogP contribution is 2.29. The summed E-state index contributed by atoms with van der Waals surface area (Å²) in [5, 5.41) is 0. The molecule has 0 amide bonds. The molecule has 1 fully saturated rings. The summed E-state index contributed by atoms with van der Waals surface area (Å²) in [4.78, 5) is 11.5. The van der Waals surface area contributed by atoms with Gasteiger partial charge in [0.05, 0.1) is 7.11 Å². The number of methoxy groups -OCH3 is 1. The highest BCUT2D eigenvalue weighted by molar-refractivity contribution is 5.36. The summed E-state index contributed by atoms with van der Waals surface area (Å²) in [6, 6.07) is 7.42. The van der Waals surface area contributed by atoms with Crippen LogP contribution < -0.4 is 4.74 Å². The molecular formula is C10H12NO2+. The lowest BCUT2D eigenvalue weighted by molar-refractivity contribution is -0.478. The van der Waals surface area contributed by atoms with E-state index < -0.39 is 0 Å². The zero-order chi connectivity index (χ0) is 9.26. The monoisotopic (exact) mass is 178 g/mol. The fraction of sp³-hybridized carbons (Fsp3) is 0.400. The van der Waals surface area contributed by atoms with E-state index in [1.165, 1.54) is 0 Å². The van der Waals surface area contributed by atoms with Crippen molar-refractivity contribution in [1.29, 1.82) is 0 Å². The van der Waals surface area contributed by atoms with Crippen LogP contribution in [-0.2, 0) is 0 Å². The van der Waals surface area contributed by atoms with Crippen LogP contribution in [0.25, 0.3) is 0 Å². The molecule has 0 radical (unpaired) electrons. The van der Waals surface area contributed by atoms with Crippen molar-refractivity contribution in [2.45, 2.75) is 18.9 Å². The second kappa shape index (κ2) is 3.17. The molecule has 1 aliphatic carbocycles. The first-order valence-corrected chi connectivity index (χ1v) is 4.41. The van der Waals surface area contributed by atoms with Crippen LogP contribution in [0.5, 0.6) is 5.75 Å². The maximum atomic E-state index is 11.5. The van der Waals surface area contributed by atoms with Crippen LogP contribution in [0.1, 0.15) is 12.8 Å². The van der Waals surface area contributed by atoms with Gasteiger partial charge in [0.1, 0.15) is 5.75 Å². The van der Waals surface area contributed by atoms with Crippen molar-refractivity contribution >= 4 is 5.69 Å². The van der Waals surface area contributed by atoms with Crippen molar-refractivity contribution in [2.24, 2.45) is 0 Å². The molecule has 13 heavy (non-hydrogen) atoms. The van der Waals surface area contributed by atoms with Crippen LogP contribution in [-0.4, -0.2) is 17.9 Å². The predicted octanol–water partition coefficient (Wildman–Crippen LogP) is 2.27. The molecular weight excluding hydrogens is 166 g/mol. The number of benzene rings is 1. The average Bonchev–Trinajstić information content (AvgIpc) is 3.00. The lowest BCUT2D eigenvalue weighted by Gasteiger charge is -1.96. The molecule has 1 aromatic rings. The first-order chi connectivity index (χ1) is 6.31. The standard InChI is InChI=1S/C10H12NO2/c1-13-10-6-4-9(5-7-10)11(12)8-2-3-8/h4-8H,2-3H2,1H3/q+1. The first-order valence-electron chi connectivity index (χ1n) is 4.41. The quantitative estimate of drug-likeness (QED) is 0.664. The Bertz CT molecular complexity index is 314. The maximum Gasteiger partial charge on any atom is 0.256 e. The molecule has 1 aliphatic rings. The van der Waals surface area contributed by atoms with Gasteiger partial charge in [-0.25, -0.2) is 0 Å². The Morgan fingerprint density at radius 3 is 2.38 bits per heavy atom. The highest BCUT2D eigenvalue weighted by atomic mass is 16.5. The summed E-state index contributed by atoms with van der Waals surface area (Å²) in [7, 11) is 1.62. The molecule has 0 aromatic heterocycles. The van der Waals surface area contributed by atoms with Crippen LogP contribution >= 0.6 is 0 Å². The van der Waals surface area contributed by atoms with E-state index >= 15 is 0 Å². The van der Waals surface area contributed by atoms with Crippen LogP contribution in [0.15, 0.2) is 24.3 Å². The lowest BCUT2D eigenvalue weighted by Crippen LogP contribution is -2.02. The molecule has 1 saturated carbocycles. The minimum Gasteiger partial charge on any atom is -0.497 e. The minimum atomic E-state index is 0.216. The molecule has 0 bridgehead atoms. The molecule has 0 heterocycles. The van der Waals surface area contributed by atoms with E-state index in [1.807, 2.05) is 12.1 Å². The summed E-state index contributed by atoms with van der Waals surface area (Å²) in [5.74, 6) is 0.785. The summed E-state index contributed by atoms with van der Waals surface area (Å²) in [6.45, 7) is 0. The number of hydrogen-bond acceptors (Lipinski definition) is 2. The van der Waals surface area contributed by atoms with Crippen molar-refractivity contribution in [1.82, 2.24) is 0 Å². The molecule has 68 valence electrons. The van der Waals surface area contributed by atoms with Crippen molar-refractivity contribution in [3.8, 4) is 5.75 Å². The second-order valence-electron chi connectivity index (χ2n) is 3.25. The number of ether oxygens (including phenoxy) is 1. The average molecular weight is 178 g/mol. The van der Waals surface area contributed by atoms with Crippen molar-refractivity contribution in [2.75, 3.05) is 7.11 Å². The van der Waals surface area contributed by atoms with Gasteiger partial charge in [0.2, 0.25) is 6.04 Å². The molecule has 1 aromatic carbocycles. The SMILES string of the molecule is COc1ccc([N+](=O)C2CC2)cc1. The van der Waals surface area contributed by atoms with Crippen molar-refractivity contribution < 1.29 is 9.50 Å². The van der Waals surface area contributed by atoms with Gasteiger partial charge in [0.25, 0.3) is 5.69 Å². The van der Waals surface area contributed by atoms with Gasteiger partial charge in [-0.2, -0.15) is 0 Å². The van der Waals surface area contributed by atoms with Gasteiger partial charge in [0, 0.05) is 34.6 Å². The third-order valence-electron chi connectivity index (χ3n) is 2.21. The van der Waals surface area contributed by atoms with Gasteiger partial charge >= 0.3 is 0 Å². The first kappa shape index (κ1) is 8.23. The fourth-order valence-electron chi connectivity index (χ4n) is 1.25. The molecule has 0 saturated heterocycles. The normalized spacial score (nSPS) is 15.5. The lowest BCUT2D eigenvalue weighted by atomic mass is 10.3. The molecule has 0 spiro atoms. The molecule has 2 rings (SSSR count). The van der Waals surface area contributed by atoms with Crippen LogP contribution in [0.4, 0.5) is 5.69 Å². The Labute approximate surface area is 76.9 Å². The smallest absolute Gasteiger partial charge is 0.256 e. The fourth-order valence-corrected chi connectivity index (χ4v) is 1.25. The number of rotatable bonds is 3. The molecule has 0 aliphatic heterocycles. The van der Waals surface area contributed by atoms with E-state index in [9.17, 15) is 4.91 Å². The zero-order valence-electron chi connectivity index (χ0n) is 7.56. The molecule has 0 N–H and O–H groups in total. The van der Waals surface area contributed by atoms with E-state index in [1.54, 1.807) is 19.2 Å². The number of nitroso groups, excluding NO2 is 1. The minimum absolute atomic E-state index is 0.216. The van der Waals surface area contributed by atoms with Crippen LogP contribution in [0, 0.1) is 4.91 Å². The maximum absolute atomic E-state index is 11.5. The molecule has 3 heteroatoms. The van der Waals surface area contributed by atoms with Gasteiger partial charge in [-0.3, -0.25) is 0 Å². The predicted molar refractivity (Wildman–Crippen MR) is 49.3 cm³/mol. The van der Waals surface area contributed by atoms with E-state index in [2.05, 4.69) is 0 Å². The van der Waals surface area contributed by atoms with E-state index in [-0.39, 0.29) is 6.04 Å². The number of hydrogen-bond donors (Lipinski definition) is 0. The summed E-state index contributed by atoms with van der Waals surface area (Å²) in [6.07, 6.45) is 2.05. The summed E-state index contributed by atoms with van der Waals surface area (Å²) < 4.78 is 6.09. The highest BCUT2D eigenvalue weighted by Gasteiger charge is 2.38. The Morgan fingerprint density at radius 1 is 1.31 bits per heavy atom. The van der Waals surface area contributed by atoms with Gasteiger partial charge in [-0.15, -0.1) is 0 Å². The Kier molecular flexibility index (Phi) is 2.00. The second-order valence-corrected chi connectivity index (χ2v) is 3.25. The largest absolute Gasteiger partial charge is 0.497 e. The topological polar surface area (TPSA) is 29.3 Å². The Hall–Kier alpha value is -1.38. The van der Waals surface area contributed by atoms with Crippen molar-refractivity contribution in [3.63, 3.8) is 0 Å². The zero-order valence-corrected chi connectivity index (χ0v) is 7.56. The molecule has 3 nitrogen and oxygen atoms in total. The summed E-state index contributed by atoms with van der Waals surface area (Å²) >= 11 is 0. The van der Waals surface area contributed by atoms with Crippen molar-refractivity contribution in [3.05, 3.63) is 29.2 Å². The molecule has 0 atom stereocenters. The van der Waals surface area contributed by atoms with E-state index in [0.29, 0.717) is 0 Å². The van der Waals surface area contributed by atoms with Gasteiger partial charge in [0.15, 0.2) is 0 Å². The molecule has 0 unspecified atom stereocenters. The van der Waals surface area contributed by atoms with Gasteiger partial charge in [-0.05, 0) is 12.1 Å². The van der Waals surface area contributed by atoms with E-state index in [4.69, 9.17) is 4.74 Å². The van der Waals surface area contributed by atoms with Gasteiger partial charge < -0.3 is 4.74 Å². The number of nitrogens with zero attached hydrogens (tertiary/aromatic N) is 1. The Morgan fingerprint density at radius 2 is 1.92 bits per heavy atom. The Balaban J connectivity index is 2.16. The summed E-state index contributed by atoms with van der Waals surface area (Å²) in [5.41, 5.74) is 0.725. The third kappa shape index (κ3) is 1.69. The van der Waals surface area contributed by atoms with E-state index in [0.717, 1.165) is 29.0 Å². The van der Waals surface area contributed by atoms with Crippen LogP contribution in [0.2, 0.25) is 0 Å². The van der Waals surface area contributed by atoms with Crippen LogP contribution in [0.3, 0.4) is 0 Å².